The smallest absolute Gasteiger partial charge is 0.161 e. The van der Waals surface area contributed by atoms with Crippen LogP contribution in [-0.2, 0) is 9.53 Å². The van der Waals surface area contributed by atoms with Crippen LogP contribution in [-0.4, -0.2) is 12.4 Å². The normalized spacial score (nSPS) is 16.8. The fourth-order valence-electron chi connectivity index (χ4n) is 0.820. The zero-order chi connectivity index (χ0) is 6.69. The Bertz CT molecular complexity index is 147. The molecule has 0 aromatic heterocycles. The van der Waals surface area contributed by atoms with Crippen molar-refractivity contribution in [2.24, 2.45) is 0 Å². The van der Waals surface area contributed by atoms with Crippen LogP contribution in [0.1, 0.15) is 19.8 Å². The number of hydrogen-bond acceptors (Lipinski definition) is 2. The summed E-state index contributed by atoms with van der Waals surface area (Å²) in [4.78, 5) is 10.9. The quantitative estimate of drug-likeness (QED) is 0.557. The fraction of sp³-hybridized carbons (Fsp3) is 0.571. The van der Waals surface area contributed by atoms with E-state index in [9.17, 15) is 4.79 Å². The highest BCUT2D eigenvalue weighted by atomic mass is 16.5. The minimum absolute atomic E-state index is 0.215. The zero-order valence-corrected chi connectivity index (χ0v) is 5.52. The summed E-state index contributed by atoms with van der Waals surface area (Å²) in [6.45, 7) is 2.54. The van der Waals surface area contributed by atoms with Crippen LogP contribution in [0.15, 0.2) is 11.8 Å². The number of rotatable bonds is 2. The number of hydrogen-bond donors (Lipinski definition) is 0. The highest BCUT2D eigenvalue weighted by Gasteiger charge is 2.11. The van der Waals surface area contributed by atoms with Gasteiger partial charge in [-0.15, -0.1) is 0 Å². The average Bonchev–Trinajstić information content (AvgIpc) is 2.37. The number of carbonyl (C=O) groups is 1. The highest BCUT2D eigenvalue weighted by molar-refractivity contribution is 5.95. The van der Waals surface area contributed by atoms with Crippen molar-refractivity contribution in [2.45, 2.75) is 19.8 Å². The Balaban J connectivity index is 2.51. The number of Topliss-reactive ketones (excluding diaryl/α,β-unsaturated/α-hetero) is 1. The molecule has 1 aliphatic heterocycles. The first-order chi connectivity index (χ1) is 4.34. The summed E-state index contributed by atoms with van der Waals surface area (Å²) < 4.78 is 4.90. The van der Waals surface area contributed by atoms with Crippen molar-refractivity contribution in [3.63, 3.8) is 0 Å². The van der Waals surface area contributed by atoms with E-state index in [1.165, 1.54) is 0 Å². The molecule has 0 radical (unpaired) electrons. The van der Waals surface area contributed by atoms with E-state index in [1.54, 1.807) is 6.26 Å². The number of ether oxygens (including phenoxy) is 1. The molecule has 9 heavy (non-hydrogen) atoms. The van der Waals surface area contributed by atoms with Crippen molar-refractivity contribution in [3.05, 3.63) is 11.8 Å². The third kappa shape index (κ3) is 1.31. The van der Waals surface area contributed by atoms with E-state index < -0.39 is 0 Å². The second-order valence-corrected chi connectivity index (χ2v) is 2.04. The first-order valence-corrected chi connectivity index (χ1v) is 3.18. The van der Waals surface area contributed by atoms with Gasteiger partial charge < -0.3 is 4.74 Å². The van der Waals surface area contributed by atoms with Crippen LogP contribution in [0.2, 0.25) is 0 Å². The lowest BCUT2D eigenvalue weighted by Crippen LogP contribution is -1.97. The summed E-state index contributed by atoms with van der Waals surface area (Å²) >= 11 is 0. The summed E-state index contributed by atoms with van der Waals surface area (Å²) in [5, 5.41) is 0. The third-order valence-electron chi connectivity index (χ3n) is 1.39. The first kappa shape index (κ1) is 6.33. The molecule has 0 aromatic carbocycles. The van der Waals surface area contributed by atoms with Crippen molar-refractivity contribution < 1.29 is 9.53 Å². The summed E-state index contributed by atoms with van der Waals surface area (Å²) in [5.74, 6) is 0.215. The van der Waals surface area contributed by atoms with Crippen LogP contribution in [0.4, 0.5) is 0 Å². The van der Waals surface area contributed by atoms with Crippen molar-refractivity contribution in [3.8, 4) is 0 Å². The van der Waals surface area contributed by atoms with Gasteiger partial charge in [0.05, 0.1) is 12.9 Å². The predicted molar refractivity (Wildman–Crippen MR) is 33.9 cm³/mol. The monoisotopic (exact) mass is 126 g/mol. The Kier molecular flexibility index (Phi) is 1.88. The summed E-state index contributed by atoms with van der Waals surface area (Å²) in [6, 6.07) is 0. The molecule has 0 fully saturated rings. The molecule has 0 amide bonds. The Labute approximate surface area is 54.5 Å². The fourth-order valence-corrected chi connectivity index (χ4v) is 0.820. The molecule has 2 heteroatoms. The van der Waals surface area contributed by atoms with Gasteiger partial charge >= 0.3 is 0 Å². The van der Waals surface area contributed by atoms with Crippen molar-refractivity contribution >= 4 is 5.78 Å². The molecule has 0 saturated carbocycles. The highest BCUT2D eigenvalue weighted by Crippen LogP contribution is 2.11. The van der Waals surface area contributed by atoms with Crippen LogP contribution in [0, 0.1) is 0 Å². The molecular formula is C7H10O2. The molecule has 0 aromatic rings. The summed E-state index contributed by atoms with van der Waals surface area (Å²) in [6.07, 6.45) is 2.97. The second kappa shape index (κ2) is 2.67. The Morgan fingerprint density at radius 1 is 1.89 bits per heavy atom. The Morgan fingerprint density at radius 3 is 3.11 bits per heavy atom. The second-order valence-electron chi connectivity index (χ2n) is 2.04. The lowest BCUT2D eigenvalue weighted by Gasteiger charge is -1.90. The molecule has 0 N–H and O–H groups in total. The maximum absolute atomic E-state index is 10.9. The van der Waals surface area contributed by atoms with Gasteiger partial charge in [-0.2, -0.15) is 0 Å². The van der Waals surface area contributed by atoms with E-state index in [4.69, 9.17) is 4.74 Å². The minimum atomic E-state index is 0.215. The lowest BCUT2D eigenvalue weighted by molar-refractivity contribution is -0.115. The molecule has 0 spiro atoms. The van der Waals surface area contributed by atoms with Gasteiger partial charge in [0.2, 0.25) is 0 Å². The maximum atomic E-state index is 10.9. The minimum Gasteiger partial charge on any atom is -0.500 e. The van der Waals surface area contributed by atoms with Gasteiger partial charge in [0.25, 0.3) is 0 Å². The van der Waals surface area contributed by atoms with Gasteiger partial charge in [0, 0.05) is 18.4 Å². The van der Waals surface area contributed by atoms with Gasteiger partial charge in [-0.25, -0.2) is 0 Å². The van der Waals surface area contributed by atoms with Gasteiger partial charge in [-0.05, 0) is 0 Å². The Hall–Kier alpha value is -0.790. The van der Waals surface area contributed by atoms with E-state index in [0.717, 1.165) is 12.0 Å². The molecule has 1 heterocycles. The molecule has 2 nitrogen and oxygen atoms in total. The van der Waals surface area contributed by atoms with Crippen molar-refractivity contribution in [1.29, 1.82) is 0 Å². The largest absolute Gasteiger partial charge is 0.500 e. The predicted octanol–water partition coefficient (Wildman–Crippen LogP) is 1.27. The SMILES string of the molecule is CCC(=O)C1=COCC1. The van der Waals surface area contributed by atoms with E-state index in [-0.39, 0.29) is 5.78 Å². The maximum Gasteiger partial charge on any atom is 0.161 e. The summed E-state index contributed by atoms with van der Waals surface area (Å²) in [5.41, 5.74) is 0.845. The zero-order valence-electron chi connectivity index (χ0n) is 5.52. The third-order valence-corrected chi connectivity index (χ3v) is 1.39. The molecule has 0 unspecified atom stereocenters. The summed E-state index contributed by atoms with van der Waals surface area (Å²) in [7, 11) is 0. The van der Waals surface area contributed by atoms with Crippen LogP contribution in [0.25, 0.3) is 0 Å². The first-order valence-electron chi connectivity index (χ1n) is 3.18. The van der Waals surface area contributed by atoms with Crippen LogP contribution in [0.5, 0.6) is 0 Å². The average molecular weight is 126 g/mol. The molecule has 50 valence electrons. The van der Waals surface area contributed by atoms with Crippen LogP contribution >= 0.6 is 0 Å². The number of carbonyl (C=O) groups excluding carboxylic acids is 1. The topological polar surface area (TPSA) is 26.3 Å². The van der Waals surface area contributed by atoms with E-state index in [1.807, 2.05) is 6.92 Å². The molecule has 0 bridgehead atoms. The molecule has 0 saturated heterocycles. The van der Waals surface area contributed by atoms with Gasteiger partial charge in [0.1, 0.15) is 0 Å². The lowest BCUT2D eigenvalue weighted by atomic mass is 10.1. The standard InChI is InChI=1S/C7H10O2/c1-2-7(8)6-3-4-9-5-6/h5H,2-4H2,1H3. The van der Waals surface area contributed by atoms with Crippen LogP contribution in [0.3, 0.4) is 0 Å². The molecule has 0 aliphatic carbocycles. The van der Waals surface area contributed by atoms with Crippen molar-refractivity contribution in [1.82, 2.24) is 0 Å². The van der Waals surface area contributed by atoms with E-state index in [2.05, 4.69) is 0 Å². The van der Waals surface area contributed by atoms with Gasteiger partial charge in [0.15, 0.2) is 5.78 Å². The number of ketones is 1. The van der Waals surface area contributed by atoms with E-state index >= 15 is 0 Å². The molecule has 0 atom stereocenters. The van der Waals surface area contributed by atoms with Crippen LogP contribution < -0.4 is 0 Å². The van der Waals surface area contributed by atoms with Gasteiger partial charge in [-0.1, -0.05) is 6.92 Å². The van der Waals surface area contributed by atoms with E-state index in [0.29, 0.717) is 13.0 Å². The van der Waals surface area contributed by atoms with Crippen molar-refractivity contribution in [2.75, 3.05) is 6.61 Å². The molecular weight excluding hydrogens is 116 g/mol. The molecule has 1 rings (SSSR count). The molecule has 1 aliphatic rings. The van der Waals surface area contributed by atoms with Gasteiger partial charge in [-0.3, -0.25) is 4.79 Å². The Morgan fingerprint density at radius 2 is 2.67 bits per heavy atom.